The molecule has 1 saturated heterocycles. The number of nitrogens with two attached hydrogens (primary N) is 1. The molecule has 1 aromatic carbocycles. The van der Waals surface area contributed by atoms with E-state index in [1.54, 1.807) is 24.1 Å². The molecule has 174 valence electrons. The molecule has 0 unspecified atom stereocenters. The fraction of sp³-hybridized carbons (Fsp3) is 0.667. The minimum atomic E-state index is -0.347. The van der Waals surface area contributed by atoms with Crippen LogP contribution in [0.3, 0.4) is 0 Å². The van der Waals surface area contributed by atoms with Crippen LogP contribution in [0, 0.1) is 5.41 Å². The molecule has 1 aliphatic heterocycles. The van der Waals surface area contributed by atoms with Crippen LogP contribution in [0.5, 0.6) is 11.5 Å². The number of anilines is 1. The van der Waals surface area contributed by atoms with E-state index in [1.165, 1.54) is 19.8 Å². The molecule has 0 saturated carbocycles. The summed E-state index contributed by atoms with van der Waals surface area (Å²) < 4.78 is 16.5. The smallest absolute Gasteiger partial charge is 0.302 e. The fourth-order valence-electron chi connectivity index (χ4n) is 3.79. The van der Waals surface area contributed by atoms with Crippen LogP contribution >= 0.6 is 0 Å². The topological polar surface area (TPSA) is 91.1 Å². The van der Waals surface area contributed by atoms with E-state index in [0.29, 0.717) is 41.3 Å². The Labute approximate surface area is 186 Å². The van der Waals surface area contributed by atoms with Crippen molar-refractivity contribution in [1.82, 2.24) is 4.90 Å². The van der Waals surface area contributed by atoms with Crippen LogP contribution in [0.4, 0.5) is 5.69 Å². The number of rotatable bonds is 10. The average molecular weight is 435 g/mol. The van der Waals surface area contributed by atoms with Gasteiger partial charge in [0.05, 0.1) is 25.3 Å². The Morgan fingerprint density at radius 2 is 1.90 bits per heavy atom. The van der Waals surface area contributed by atoms with Gasteiger partial charge >= 0.3 is 5.97 Å². The molecule has 31 heavy (non-hydrogen) atoms. The van der Waals surface area contributed by atoms with E-state index >= 15 is 0 Å². The minimum Gasteiger partial charge on any atom is -0.493 e. The summed E-state index contributed by atoms with van der Waals surface area (Å²) in [5.41, 5.74) is 7.30. The zero-order chi connectivity index (χ0) is 23.0. The largest absolute Gasteiger partial charge is 0.493 e. The number of hydrogen-bond acceptors (Lipinski definition) is 6. The molecule has 2 N–H and O–H groups in total. The first-order valence-electron chi connectivity index (χ1n) is 11.2. The fourth-order valence-corrected chi connectivity index (χ4v) is 3.79. The van der Waals surface area contributed by atoms with Gasteiger partial charge in [0, 0.05) is 25.2 Å². The maximum Gasteiger partial charge on any atom is 0.302 e. The van der Waals surface area contributed by atoms with Gasteiger partial charge in [0.15, 0.2) is 11.5 Å². The first-order chi connectivity index (χ1) is 14.6. The summed E-state index contributed by atoms with van der Waals surface area (Å²) in [5.74, 6) is 0.507. The Balaban J connectivity index is 1.99. The van der Waals surface area contributed by atoms with Crippen LogP contribution in [0.1, 0.15) is 76.6 Å². The lowest BCUT2D eigenvalue weighted by molar-refractivity contribution is -0.142. The van der Waals surface area contributed by atoms with E-state index in [4.69, 9.17) is 19.9 Å². The van der Waals surface area contributed by atoms with Crippen molar-refractivity contribution in [3.63, 3.8) is 0 Å². The zero-order valence-corrected chi connectivity index (χ0v) is 19.7. The minimum absolute atomic E-state index is 0.134. The molecule has 2 rings (SSSR count). The second-order valence-corrected chi connectivity index (χ2v) is 9.41. The summed E-state index contributed by atoms with van der Waals surface area (Å²) in [6, 6.07) is 3.18. The van der Waals surface area contributed by atoms with Gasteiger partial charge in [0.25, 0.3) is 5.91 Å². The SMILES string of the molecule is COc1cc(C(=O)N2CCC[C@H]2COC(C)=O)c(N)cc1OCCCCCC(C)(C)C. The molecule has 0 radical (unpaired) electrons. The predicted octanol–water partition coefficient (Wildman–Crippen LogP) is 4.43. The highest BCUT2D eigenvalue weighted by molar-refractivity contribution is 6.00. The molecule has 0 spiro atoms. The van der Waals surface area contributed by atoms with Gasteiger partial charge in [0.2, 0.25) is 0 Å². The number of carbonyl (C=O) groups is 2. The molecular weight excluding hydrogens is 396 g/mol. The van der Waals surface area contributed by atoms with Crippen LogP contribution in [0.25, 0.3) is 0 Å². The van der Waals surface area contributed by atoms with Crippen LogP contribution < -0.4 is 15.2 Å². The zero-order valence-electron chi connectivity index (χ0n) is 19.7. The number of likely N-dealkylation sites (tertiary alicyclic amines) is 1. The molecule has 7 nitrogen and oxygen atoms in total. The highest BCUT2D eigenvalue weighted by atomic mass is 16.5. The first kappa shape index (κ1) is 24.8. The number of unbranched alkanes of at least 4 members (excludes halogenated alkanes) is 2. The lowest BCUT2D eigenvalue weighted by atomic mass is 9.89. The number of amides is 1. The van der Waals surface area contributed by atoms with Crippen molar-refractivity contribution in [2.75, 3.05) is 32.6 Å². The van der Waals surface area contributed by atoms with Crippen molar-refractivity contribution < 1.29 is 23.8 Å². The molecular formula is C24H38N2O5. The number of methoxy groups -OCH3 is 1. The molecule has 1 atom stereocenters. The van der Waals surface area contributed by atoms with Gasteiger partial charge in [-0.1, -0.05) is 33.6 Å². The van der Waals surface area contributed by atoms with Crippen LogP contribution in [-0.2, 0) is 9.53 Å². The number of benzene rings is 1. The molecule has 0 bridgehead atoms. The summed E-state index contributed by atoms with van der Waals surface area (Å²) in [5, 5.41) is 0. The Hall–Kier alpha value is -2.44. The monoisotopic (exact) mass is 434 g/mol. The van der Waals surface area contributed by atoms with Crippen molar-refractivity contribution >= 4 is 17.6 Å². The van der Waals surface area contributed by atoms with Crippen molar-refractivity contribution in [3.05, 3.63) is 17.7 Å². The summed E-state index contributed by atoms with van der Waals surface area (Å²) in [6.07, 6.45) is 6.08. The average Bonchev–Trinajstić information content (AvgIpc) is 3.16. The predicted molar refractivity (Wildman–Crippen MR) is 122 cm³/mol. The number of esters is 1. The van der Waals surface area contributed by atoms with E-state index < -0.39 is 0 Å². The van der Waals surface area contributed by atoms with Gasteiger partial charge in [0.1, 0.15) is 6.61 Å². The van der Waals surface area contributed by atoms with Gasteiger partial charge in [-0.2, -0.15) is 0 Å². The van der Waals surface area contributed by atoms with Gasteiger partial charge in [-0.3, -0.25) is 9.59 Å². The van der Waals surface area contributed by atoms with Crippen molar-refractivity contribution in [3.8, 4) is 11.5 Å². The Morgan fingerprint density at radius 1 is 1.16 bits per heavy atom. The number of hydrogen-bond donors (Lipinski definition) is 1. The van der Waals surface area contributed by atoms with Crippen LogP contribution in [0.2, 0.25) is 0 Å². The molecule has 0 aliphatic carbocycles. The second kappa shape index (κ2) is 11.3. The van der Waals surface area contributed by atoms with E-state index in [2.05, 4.69) is 20.8 Å². The molecule has 1 fully saturated rings. The number of nitrogens with zero attached hydrogens (tertiary/aromatic N) is 1. The molecule has 7 heteroatoms. The maximum absolute atomic E-state index is 13.1. The van der Waals surface area contributed by atoms with Crippen molar-refractivity contribution in [2.45, 2.75) is 72.3 Å². The Kier molecular flexibility index (Phi) is 9.01. The molecule has 1 heterocycles. The van der Waals surface area contributed by atoms with E-state index in [1.807, 2.05) is 0 Å². The summed E-state index contributed by atoms with van der Waals surface area (Å²) >= 11 is 0. The summed E-state index contributed by atoms with van der Waals surface area (Å²) in [6.45, 7) is 9.51. The van der Waals surface area contributed by atoms with Crippen molar-refractivity contribution in [1.29, 1.82) is 0 Å². The highest BCUT2D eigenvalue weighted by Gasteiger charge is 2.31. The van der Waals surface area contributed by atoms with E-state index in [-0.39, 0.29) is 24.5 Å². The first-order valence-corrected chi connectivity index (χ1v) is 11.2. The molecule has 1 amide bonds. The highest BCUT2D eigenvalue weighted by Crippen LogP contribution is 2.34. The third-order valence-corrected chi connectivity index (χ3v) is 5.51. The lowest BCUT2D eigenvalue weighted by Gasteiger charge is -2.25. The third-order valence-electron chi connectivity index (χ3n) is 5.51. The van der Waals surface area contributed by atoms with Crippen LogP contribution in [-0.4, -0.2) is 49.7 Å². The molecule has 0 aromatic heterocycles. The van der Waals surface area contributed by atoms with E-state index in [9.17, 15) is 9.59 Å². The summed E-state index contributed by atoms with van der Waals surface area (Å²) in [4.78, 5) is 26.0. The Bertz CT molecular complexity index is 757. The lowest BCUT2D eigenvalue weighted by Crippen LogP contribution is -2.39. The van der Waals surface area contributed by atoms with Gasteiger partial charge in [-0.15, -0.1) is 0 Å². The number of carbonyl (C=O) groups excluding carboxylic acids is 2. The number of nitrogen functional groups attached to an aromatic ring is 1. The quantitative estimate of drug-likeness (QED) is 0.333. The van der Waals surface area contributed by atoms with Gasteiger partial charge in [-0.05, 0) is 37.2 Å². The normalized spacial score (nSPS) is 16.3. The standard InChI is InChI=1S/C24H38N2O5/c1-17(27)31-16-18-10-9-12-26(18)23(28)19-14-21(29-5)22(15-20(19)25)30-13-8-6-7-11-24(2,3)4/h14-15,18H,6-13,16,25H2,1-5H3/t18-/m0/s1. The van der Waals surface area contributed by atoms with E-state index in [0.717, 1.165) is 25.7 Å². The van der Waals surface area contributed by atoms with Gasteiger partial charge in [-0.25, -0.2) is 0 Å². The van der Waals surface area contributed by atoms with Crippen LogP contribution in [0.15, 0.2) is 12.1 Å². The van der Waals surface area contributed by atoms with Crippen molar-refractivity contribution in [2.24, 2.45) is 5.41 Å². The molecule has 1 aliphatic rings. The third kappa shape index (κ3) is 7.64. The number of ether oxygens (including phenoxy) is 3. The Morgan fingerprint density at radius 3 is 2.55 bits per heavy atom. The van der Waals surface area contributed by atoms with Gasteiger partial charge < -0.3 is 24.8 Å². The summed E-state index contributed by atoms with van der Waals surface area (Å²) in [7, 11) is 1.55. The molecule has 1 aromatic rings. The second-order valence-electron chi connectivity index (χ2n) is 9.41. The maximum atomic E-state index is 13.1.